The molecule has 4 rings (SSSR count). The number of aromatic nitrogens is 3. The molecule has 21 heavy (non-hydrogen) atoms. The van der Waals surface area contributed by atoms with Crippen LogP contribution in [-0.4, -0.2) is 27.2 Å². The van der Waals surface area contributed by atoms with Crippen LogP contribution < -0.4 is 0 Å². The average Bonchev–Trinajstić information content (AvgIpc) is 3.06. The number of hydrogen-bond donors (Lipinski definition) is 0. The minimum atomic E-state index is -0.168. The molecular formula is C15H17Cl2N3O. The highest BCUT2D eigenvalue weighted by molar-refractivity contribution is 6.31. The van der Waals surface area contributed by atoms with E-state index in [1.54, 1.807) is 6.20 Å². The SMILES string of the molecule is CC(Cl)c1nc2cc(Cl)cnc2n1C1CCOC1C1CC1. The van der Waals surface area contributed by atoms with E-state index >= 15 is 0 Å². The van der Waals surface area contributed by atoms with Gasteiger partial charge in [0, 0.05) is 12.8 Å². The quantitative estimate of drug-likeness (QED) is 0.797. The van der Waals surface area contributed by atoms with Crippen molar-refractivity contribution >= 4 is 34.4 Å². The Morgan fingerprint density at radius 2 is 2.19 bits per heavy atom. The minimum absolute atomic E-state index is 0.168. The van der Waals surface area contributed by atoms with Gasteiger partial charge in [-0.1, -0.05) is 11.6 Å². The van der Waals surface area contributed by atoms with E-state index in [4.69, 9.17) is 27.9 Å². The van der Waals surface area contributed by atoms with Gasteiger partial charge in [-0.15, -0.1) is 11.6 Å². The fourth-order valence-corrected chi connectivity index (χ4v) is 3.64. The van der Waals surface area contributed by atoms with E-state index in [0.717, 1.165) is 30.0 Å². The molecule has 6 heteroatoms. The molecule has 1 aliphatic heterocycles. The van der Waals surface area contributed by atoms with Crippen LogP contribution in [0.2, 0.25) is 5.02 Å². The molecule has 2 fully saturated rings. The molecule has 1 aliphatic carbocycles. The standard InChI is InChI=1S/C15H17Cl2N3O/c1-8(16)14-19-11-6-10(17)7-18-15(11)20(14)12-4-5-21-13(12)9-2-3-9/h6-9,12-13H,2-5H2,1H3. The van der Waals surface area contributed by atoms with Gasteiger partial charge in [-0.05, 0) is 38.2 Å². The lowest BCUT2D eigenvalue weighted by Crippen LogP contribution is -2.24. The summed E-state index contributed by atoms with van der Waals surface area (Å²) in [7, 11) is 0. The Bertz CT molecular complexity index is 681. The molecule has 4 nitrogen and oxygen atoms in total. The van der Waals surface area contributed by atoms with Crippen molar-refractivity contribution in [3.63, 3.8) is 0 Å². The Morgan fingerprint density at radius 1 is 1.38 bits per heavy atom. The molecular weight excluding hydrogens is 309 g/mol. The monoisotopic (exact) mass is 325 g/mol. The maximum atomic E-state index is 6.36. The van der Waals surface area contributed by atoms with Crippen molar-refractivity contribution in [2.24, 2.45) is 5.92 Å². The first-order valence-electron chi connectivity index (χ1n) is 7.44. The van der Waals surface area contributed by atoms with E-state index in [9.17, 15) is 0 Å². The van der Waals surface area contributed by atoms with Crippen molar-refractivity contribution in [2.75, 3.05) is 6.61 Å². The largest absolute Gasteiger partial charge is 0.376 e. The van der Waals surface area contributed by atoms with Crippen LogP contribution in [0.1, 0.15) is 43.4 Å². The van der Waals surface area contributed by atoms with Crippen molar-refractivity contribution in [3.8, 4) is 0 Å². The molecule has 1 saturated heterocycles. The molecule has 2 aromatic rings. The zero-order valence-corrected chi connectivity index (χ0v) is 13.3. The Kier molecular flexibility index (Phi) is 3.36. The number of rotatable bonds is 3. The highest BCUT2D eigenvalue weighted by Gasteiger charge is 2.43. The van der Waals surface area contributed by atoms with Crippen LogP contribution in [0.3, 0.4) is 0 Å². The summed E-state index contributed by atoms with van der Waals surface area (Å²) in [5.41, 5.74) is 1.68. The third-order valence-electron chi connectivity index (χ3n) is 4.40. The normalized spacial score (nSPS) is 27.4. The summed E-state index contributed by atoms with van der Waals surface area (Å²) in [6, 6.07) is 2.14. The van der Waals surface area contributed by atoms with Crippen molar-refractivity contribution < 1.29 is 4.74 Å². The van der Waals surface area contributed by atoms with Gasteiger partial charge in [-0.3, -0.25) is 0 Å². The molecule has 1 saturated carbocycles. The van der Waals surface area contributed by atoms with E-state index in [0.29, 0.717) is 10.9 Å². The summed E-state index contributed by atoms with van der Waals surface area (Å²) in [6.07, 6.45) is 5.46. The summed E-state index contributed by atoms with van der Waals surface area (Å²) in [4.78, 5) is 9.16. The number of fused-ring (bicyclic) bond motifs is 1. The molecule has 3 unspecified atom stereocenters. The first-order valence-corrected chi connectivity index (χ1v) is 8.25. The second-order valence-electron chi connectivity index (χ2n) is 5.98. The van der Waals surface area contributed by atoms with Gasteiger partial charge >= 0.3 is 0 Å². The van der Waals surface area contributed by atoms with E-state index < -0.39 is 0 Å². The molecule has 0 N–H and O–H groups in total. The zero-order chi connectivity index (χ0) is 14.6. The second kappa shape index (κ2) is 5.11. The van der Waals surface area contributed by atoms with Crippen molar-refractivity contribution in [1.29, 1.82) is 0 Å². The van der Waals surface area contributed by atoms with Crippen LogP contribution in [0.5, 0.6) is 0 Å². The topological polar surface area (TPSA) is 39.9 Å². The summed E-state index contributed by atoms with van der Waals surface area (Å²) in [5.74, 6) is 1.54. The van der Waals surface area contributed by atoms with Gasteiger partial charge in [0.1, 0.15) is 11.3 Å². The molecule has 0 amide bonds. The van der Waals surface area contributed by atoms with E-state index in [1.165, 1.54) is 12.8 Å². The number of pyridine rings is 1. The van der Waals surface area contributed by atoms with Crippen LogP contribution in [0.15, 0.2) is 12.3 Å². The summed E-state index contributed by atoms with van der Waals surface area (Å²) in [5, 5.41) is 0.431. The zero-order valence-electron chi connectivity index (χ0n) is 11.8. The molecule has 0 aromatic carbocycles. The van der Waals surface area contributed by atoms with Gasteiger partial charge in [-0.25, -0.2) is 9.97 Å². The second-order valence-corrected chi connectivity index (χ2v) is 7.07. The lowest BCUT2D eigenvalue weighted by molar-refractivity contribution is 0.0752. The molecule has 3 atom stereocenters. The number of alkyl halides is 1. The molecule has 3 heterocycles. The molecule has 0 radical (unpaired) electrons. The maximum Gasteiger partial charge on any atom is 0.160 e. The van der Waals surface area contributed by atoms with E-state index in [1.807, 2.05) is 13.0 Å². The predicted molar refractivity (Wildman–Crippen MR) is 82.9 cm³/mol. The number of hydrogen-bond acceptors (Lipinski definition) is 3. The number of halogens is 2. The fraction of sp³-hybridized carbons (Fsp3) is 0.600. The average molecular weight is 326 g/mol. The number of nitrogens with zero attached hydrogens (tertiary/aromatic N) is 3. The molecule has 2 aromatic heterocycles. The van der Waals surface area contributed by atoms with Gasteiger partial charge < -0.3 is 9.30 Å². The first-order chi connectivity index (χ1) is 10.1. The Hall–Kier alpha value is -0.840. The molecule has 2 aliphatic rings. The van der Waals surface area contributed by atoms with Gasteiger partial charge in [0.25, 0.3) is 0 Å². The Morgan fingerprint density at radius 3 is 2.90 bits per heavy atom. The molecule has 112 valence electrons. The van der Waals surface area contributed by atoms with E-state index in [2.05, 4.69) is 14.5 Å². The van der Waals surface area contributed by atoms with Crippen LogP contribution in [0.25, 0.3) is 11.2 Å². The lowest BCUT2D eigenvalue weighted by Gasteiger charge is -2.22. The molecule has 0 spiro atoms. The first kappa shape index (κ1) is 13.8. The van der Waals surface area contributed by atoms with Crippen molar-refractivity contribution in [3.05, 3.63) is 23.1 Å². The minimum Gasteiger partial charge on any atom is -0.376 e. The fourth-order valence-electron chi connectivity index (χ4n) is 3.33. The molecule has 0 bridgehead atoms. The highest BCUT2D eigenvalue weighted by atomic mass is 35.5. The van der Waals surface area contributed by atoms with Gasteiger partial charge in [-0.2, -0.15) is 0 Å². The lowest BCUT2D eigenvalue weighted by atomic mass is 10.1. The van der Waals surface area contributed by atoms with Crippen molar-refractivity contribution in [1.82, 2.24) is 14.5 Å². The Labute approximate surface area is 133 Å². The maximum absolute atomic E-state index is 6.36. The Balaban J connectivity index is 1.87. The number of imidazole rings is 1. The van der Waals surface area contributed by atoms with Crippen LogP contribution >= 0.6 is 23.2 Å². The summed E-state index contributed by atoms with van der Waals surface area (Å²) < 4.78 is 8.17. The number of ether oxygens (including phenoxy) is 1. The summed E-state index contributed by atoms with van der Waals surface area (Å²) in [6.45, 7) is 2.75. The van der Waals surface area contributed by atoms with E-state index in [-0.39, 0.29) is 17.5 Å². The van der Waals surface area contributed by atoms with Gasteiger partial charge in [0.15, 0.2) is 5.65 Å². The van der Waals surface area contributed by atoms with Crippen molar-refractivity contribution in [2.45, 2.75) is 43.7 Å². The smallest absolute Gasteiger partial charge is 0.160 e. The van der Waals surface area contributed by atoms with Crippen LogP contribution in [-0.2, 0) is 4.74 Å². The third-order valence-corrected chi connectivity index (χ3v) is 4.80. The summed E-state index contributed by atoms with van der Waals surface area (Å²) >= 11 is 12.4. The third kappa shape index (κ3) is 2.33. The highest BCUT2D eigenvalue weighted by Crippen LogP contribution is 2.45. The van der Waals surface area contributed by atoms with Crippen LogP contribution in [0, 0.1) is 5.92 Å². The van der Waals surface area contributed by atoms with Gasteiger partial charge in [0.05, 0.1) is 22.5 Å². The van der Waals surface area contributed by atoms with Gasteiger partial charge in [0.2, 0.25) is 0 Å². The predicted octanol–water partition coefficient (Wildman–Crippen LogP) is 4.12. The van der Waals surface area contributed by atoms with Crippen LogP contribution in [0.4, 0.5) is 0 Å².